The predicted octanol–water partition coefficient (Wildman–Crippen LogP) is 2.78. The standard InChI is InChI=1S/C25H26F2N4O5/c1-12-6-17(26)15(18(27)7-12)9-28-23(34)16-10-31-19-11-30(24(35)20(31)22(33)21(16)32)14(3)4-5-25(19)8-13(2)29-36-25/h6-7,10,14,19,33H,4-5,8-9,11H2,1-3H3,(H,28,34)/t14-,19+,25-/m0/s1. The van der Waals surface area contributed by atoms with E-state index in [4.69, 9.17) is 4.84 Å². The molecule has 9 nitrogen and oxygen atoms in total. The summed E-state index contributed by atoms with van der Waals surface area (Å²) in [6, 6.07) is 1.59. The van der Waals surface area contributed by atoms with Gasteiger partial charge in [-0.3, -0.25) is 14.4 Å². The second-order valence-electron chi connectivity index (χ2n) is 9.89. The monoisotopic (exact) mass is 500 g/mol. The van der Waals surface area contributed by atoms with Crippen LogP contribution in [-0.4, -0.2) is 50.3 Å². The second kappa shape index (κ2) is 8.42. The third-order valence-electron chi connectivity index (χ3n) is 7.40. The molecular formula is C25H26F2N4O5. The minimum Gasteiger partial charge on any atom is -0.503 e. The highest BCUT2D eigenvalue weighted by molar-refractivity contribution is 5.99. The number of rotatable bonds is 3. The largest absolute Gasteiger partial charge is 0.503 e. The molecule has 4 heterocycles. The summed E-state index contributed by atoms with van der Waals surface area (Å²) < 4.78 is 29.9. The fraction of sp³-hybridized carbons (Fsp3) is 0.440. The molecular weight excluding hydrogens is 474 g/mol. The topological polar surface area (TPSA) is 113 Å². The molecule has 2 aromatic rings. The minimum absolute atomic E-state index is 0.158. The molecule has 5 rings (SSSR count). The summed E-state index contributed by atoms with van der Waals surface area (Å²) in [6.07, 6.45) is 2.92. The van der Waals surface area contributed by atoms with Crippen molar-refractivity contribution in [3.05, 3.63) is 62.6 Å². The van der Waals surface area contributed by atoms with Crippen molar-refractivity contribution in [2.75, 3.05) is 6.54 Å². The smallest absolute Gasteiger partial charge is 0.274 e. The van der Waals surface area contributed by atoms with Gasteiger partial charge in [0.15, 0.2) is 17.0 Å². The van der Waals surface area contributed by atoms with Gasteiger partial charge >= 0.3 is 0 Å². The Bertz CT molecular complexity index is 1360. The molecule has 11 heteroatoms. The number of fused-ring (bicyclic) bond motifs is 5. The van der Waals surface area contributed by atoms with Crippen LogP contribution >= 0.6 is 0 Å². The van der Waals surface area contributed by atoms with Gasteiger partial charge in [-0.15, -0.1) is 0 Å². The summed E-state index contributed by atoms with van der Waals surface area (Å²) in [6.45, 7) is 5.01. The highest BCUT2D eigenvalue weighted by Crippen LogP contribution is 2.46. The van der Waals surface area contributed by atoms with Crippen LogP contribution in [0.2, 0.25) is 0 Å². The second-order valence-corrected chi connectivity index (χ2v) is 9.89. The average Bonchev–Trinajstić information content (AvgIpc) is 3.14. The molecule has 0 saturated carbocycles. The zero-order valence-corrected chi connectivity index (χ0v) is 20.1. The molecule has 36 heavy (non-hydrogen) atoms. The lowest BCUT2D eigenvalue weighted by molar-refractivity contribution is -0.0655. The van der Waals surface area contributed by atoms with Gasteiger partial charge < -0.3 is 24.7 Å². The molecule has 3 aliphatic heterocycles. The lowest BCUT2D eigenvalue weighted by Gasteiger charge is -2.41. The van der Waals surface area contributed by atoms with Gasteiger partial charge in [0.1, 0.15) is 17.2 Å². The van der Waals surface area contributed by atoms with Gasteiger partial charge in [-0.05, 0) is 51.3 Å². The van der Waals surface area contributed by atoms with Crippen molar-refractivity contribution in [1.29, 1.82) is 0 Å². The molecule has 2 amide bonds. The van der Waals surface area contributed by atoms with Crippen LogP contribution in [0.3, 0.4) is 0 Å². The molecule has 1 spiro atoms. The number of amides is 2. The highest BCUT2D eigenvalue weighted by atomic mass is 19.1. The van der Waals surface area contributed by atoms with Crippen LogP contribution in [0.15, 0.2) is 28.3 Å². The van der Waals surface area contributed by atoms with Crippen molar-refractivity contribution in [2.45, 2.75) is 64.3 Å². The number of aromatic hydroxyl groups is 1. The zero-order chi connectivity index (χ0) is 25.9. The number of hydrogen-bond donors (Lipinski definition) is 2. The first-order valence-electron chi connectivity index (χ1n) is 11.8. The average molecular weight is 501 g/mol. The van der Waals surface area contributed by atoms with Crippen molar-refractivity contribution in [3.63, 3.8) is 0 Å². The number of aryl methyl sites for hydroxylation is 1. The van der Waals surface area contributed by atoms with E-state index in [0.717, 1.165) is 17.8 Å². The van der Waals surface area contributed by atoms with E-state index in [9.17, 15) is 28.3 Å². The Morgan fingerprint density at radius 2 is 1.97 bits per heavy atom. The van der Waals surface area contributed by atoms with Crippen molar-refractivity contribution in [1.82, 2.24) is 14.8 Å². The summed E-state index contributed by atoms with van der Waals surface area (Å²) in [5.41, 5.74) is -1.72. The molecule has 3 aliphatic rings. The molecule has 1 fully saturated rings. The Morgan fingerprint density at radius 1 is 1.28 bits per heavy atom. The van der Waals surface area contributed by atoms with Crippen LogP contribution in [0.5, 0.6) is 5.75 Å². The van der Waals surface area contributed by atoms with Gasteiger partial charge in [-0.1, -0.05) is 5.16 Å². The number of nitrogens with one attached hydrogen (secondary N) is 1. The number of hydrogen-bond acceptors (Lipinski definition) is 6. The van der Waals surface area contributed by atoms with Gasteiger partial charge in [0.05, 0.1) is 11.8 Å². The molecule has 1 saturated heterocycles. The number of halogens is 2. The van der Waals surface area contributed by atoms with Gasteiger partial charge in [0.2, 0.25) is 5.43 Å². The van der Waals surface area contributed by atoms with Gasteiger partial charge in [-0.25, -0.2) is 8.78 Å². The molecule has 3 atom stereocenters. The zero-order valence-electron chi connectivity index (χ0n) is 20.1. The maximum atomic E-state index is 14.2. The highest BCUT2D eigenvalue weighted by Gasteiger charge is 2.53. The van der Waals surface area contributed by atoms with Crippen molar-refractivity contribution in [3.8, 4) is 5.75 Å². The van der Waals surface area contributed by atoms with Crippen LogP contribution in [-0.2, 0) is 11.4 Å². The third kappa shape index (κ3) is 3.64. The van der Waals surface area contributed by atoms with E-state index in [1.807, 2.05) is 13.8 Å². The van der Waals surface area contributed by atoms with Crippen LogP contribution < -0.4 is 10.7 Å². The maximum absolute atomic E-state index is 14.2. The Labute approximate surface area is 205 Å². The fourth-order valence-corrected chi connectivity index (χ4v) is 5.45. The molecule has 2 N–H and O–H groups in total. The van der Waals surface area contributed by atoms with Crippen LogP contribution in [0.25, 0.3) is 0 Å². The van der Waals surface area contributed by atoms with E-state index in [0.29, 0.717) is 24.8 Å². The maximum Gasteiger partial charge on any atom is 0.274 e. The van der Waals surface area contributed by atoms with Crippen molar-refractivity contribution in [2.24, 2.45) is 5.16 Å². The number of pyridine rings is 1. The number of aromatic nitrogens is 1. The van der Waals surface area contributed by atoms with Crippen molar-refractivity contribution >= 4 is 17.5 Å². The van der Waals surface area contributed by atoms with E-state index >= 15 is 0 Å². The van der Waals surface area contributed by atoms with E-state index in [1.165, 1.54) is 17.7 Å². The molecule has 1 aromatic heterocycles. The van der Waals surface area contributed by atoms with Crippen molar-refractivity contribution < 1.29 is 28.3 Å². The molecule has 190 valence electrons. The Hall–Kier alpha value is -3.76. The van der Waals surface area contributed by atoms with Crippen LogP contribution in [0.4, 0.5) is 8.78 Å². The minimum atomic E-state index is -1.04. The Balaban J connectivity index is 1.55. The molecule has 1 aromatic carbocycles. The number of carbonyl (C=O) groups excluding carboxylic acids is 2. The molecule has 0 unspecified atom stereocenters. The summed E-state index contributed by atoms with van der Waals surface area (Å²) in [5, 5.41) is 17.3. The predicted molar refractivity (Wildman–Crippen MR) is 125 cm³/mol. The lowest BCUT2D eigenvalue weighted by Crippen LogP contribution is -2.52. The van der Waals surface area contributed by atoms with Gasteiger partial charge in [0, 0.05) is 37.3 Å². The van der Waals surface area contributed by atoms with Crippen LogP contribution in [0.1, 0.15) is 71.1 Å². The molecule has 0 radical (unpaired) electrons. The fourth-order valence-electron chi connectivity index (χ4n) is 5.45. The normalized spacial score (nSPS) is 24.8. The molecule has 2 bridgehead atoms. The number of oxime groups is 1. The first kappa shape index (κ1) is 24.0. The van der Waals surface area contributed by atoms with Gasteiger partial charge in [-0.2, -0.15) is 0 Å². The summed E-state index contributed by atoms with van der Waals surface area (Å²) in [5.74, 6) is -3.96. The van der Waals surface area contributed by atoms with E-state index in [2.05, 4.69) is 10.5 Å². The number of carbonyl (C=O) groups is 2. The van der Waals surface area contributed by atoms with Crippen LogP contribution in [0, 0.1) is 18.6 Å². The summed E-state index contributed by atoms with van der Waals surface area (Å²) in [7, 11) is 0. The summed E-state index contributed by atoms with van der Waals surface area (Å²) >= 11 is 0. The van der Waals surface area contributed by atoms with E-state index in [-0.39, 0.29) is 23.8 Å². The summed E-state index contributed by atoms with van der Waals surface area (Å²) in [4.78, 5) is 46.7. The van der Waals surface area contributed by atoms with E-state index in [1.54, 1.807) is 4.90 Å². The lowest BCUT2D eigenvalue weighted by atomic mass is 9.84. The van der Waals surface area contributed by atoms with E-state index < -0.39 is 58.4 Å². The Morgan fingerprint density at radius 3 is 2.61 bits per heavy atom. The number of benzene rings is 1. The Kier molecular flexibility index (Phi) is 5.60. The first-order chi connectivity index (χ1) is 17.0. The number of nitrogens with zero attached hydrogens (tertiary/aromatic N) is 3. The quantitative estimate of drug-likeness (QED) is 0.673. The first-order valence-corrected chi connectivity index (χ1v) is 11.8. The van der Waals surface area contributed by atoms with Gasteiger partial charge in [0.25, 0.3) is 11.8 Å². The SMILES string of the molecule is CC1=NO[C@@]2(CC[C@H](C)N3C[C@H]2n2cc(C(=O)NCc4c(F)cc(C)cc4F)c(=O)c(O)c2C3=O)C1. The third-order valence-corrected chi connectivity index (χ3v) is 7.40. The molecule has 0 aliphatic carbocycles.